The minimum Gasteiger partial charge on any atom is -0.478 e. The summed E-state index contributed by atoms with van der Waals surface area (Å²) in [5, 5.41) is 9.77. The number of carbonyl (C=O) groups is 3. The van der Waals surface area contributed by atoms with Gasteiger partial charge in [-0.1, -0.05) is 65.6 Å². The maximum Gasteiger partial charge on any atom is 0.339 e. The third-order valence-electron chi connectivity index (χ3n) is 2.95. The van der Waals surface area contributed by atoms with Crippen LogP contribution in [-0.2, 0) is 9.47 Å². The molecular weight excluding hydrogens is 396 g/mol. The maximum atomic E-state index is 13.6. The van der Waals surface area contributed by atoms with E-state index in [2.05, 4.69) is 9.47 Å². The van der Waals surface area contributed by atoms with Gasteiger partial charge >= 0.3 is 17.9 Å². The second-order valence-electron chi connectivity index (χ2n) is 4.80. The predicted octanol–water partition coefficient (Wildman–Crippen LogP) is 6.13. The molecule has 0 aromatic heterocycles. The molecule has 6 nitrogen and oxygen atoms in total. The van der Waals surface area contributed by atoms with E-state index in [-0.39, 0.29) is 18.2 Å². The zero-order valence-corrected chi connectivity index (χ0v) is 15.2. The van der Waals surface area contributed by atoms with Crippen LogP contribution in [-0.4, -0.2) is 36.1 Å². The Morgan fingerprint density at radius 2 is 1.52 bits per heavy atom. The number of benzene rings is 1. The Labute approximate surface area is 234 Å². The lowest BCUT2D eigenvalue weighted by atomic mass is 10.00. The number of hydrogen-bond acceptors (Lipinski definition) is 5. The van der Waals surface area contributed by atoms with E-state index < -0.39 is 138 Å². The van der Waals surface area contributed by atoms with Gasteiger partial charge in [0.2, 0.25) is 0 Å². The van der Waals surface area contributed by atoms with Gasteiger partial charge < -0.3 is 14.6 Å². The number of ether oxygens (including phenoxy) is 2. The monoisotopic (exact) mass is 468 g/mol. The van der Waals surface area contributed by atoms with Gasteiger partial charge in [0, 0.05) is 41.1 Å². The molecule has 0 spiro atoms. The molecule has 0 amide bonds. The van der Waals surface area contributed by atoms with Gasteiger partial charge in [0.1, 0.15) is 0 Å². The van der Waals surface area contributed by atoms with Crippen molar-refractivity contribution in [2.45, 2.75) is 78.4 Å². The first-order valence-corrected chi connectivity index (χ1v) is 7.64. The fourth-order valence-electron chi connectivity index (χ4n) is 1.69. The van der Waals surface area contributed by atoms with Crippen LogP contribution in [0.25, 0.3) is 0 Å². The summed E-state index contributed by atoms with van der Waals surface area (Å²) in [4.78, 5) is 39.3. The molecule has 0 aliphatic heterocycles. The summed E-state index contributed by atoms with van der Waals surface area (Å²) >= 11 is 0. The largest absolute Gasteiger partial charge is 0.478 e. The fraction of sp³-hybridized carbons (Fsp3) is 0.640. The molecule has 2 unspecified atom stereocenters. The van der Waals surface area contributed by atoms with Crippen molar-refractivity contribution in [2.75, 3.05) is 13.1 Å². The zero-order valence-electron chi connectivity index (χ0n) is 49.2. The smallest absolute Gasteiger partial charge is 0.339 e. The van der Waals surface area contributed by atoms with Gasteiger partial charge in [-0.2, -0.15) is 0 Å². The van der Waals surface area contributed by atoms with Gasteiger partial charge in [0.25, 0.3) is 0 Å². The number of rotatable bonds is 15. The molecule has 1 rings (SSSR count). The predicted molar refractivity (Wildman–Crippen MR) is 121 cm³/mol. The zero-order chi connectivity index (χ0) is 53.0. The third kappa shape index (κ3) is 9.11. The summed E-state index contributed by atoms with van der Waals surface area (Å²) in [7, 11) is 0. The van der Waals surface area contributed by atoms with Crippen LogP contribution in [0.3, 0.4) is 0 Å². The first kappa shape index (κ1) is 5.57. The summed E-state index contributed by atoms with van der Waals surface area (Å²) in [5.74, 6) is -17.6. The summed E-state index contributed by atoms with van der Waals surface area (Å²) in [6.45, 7) is -27.4. The minimum atomic E-state index is -5.19. The Morgan fingerprint density at radius 3 is 2.03 bits per heavy atom. The van der Waals surface area contributed by atoms with E-state index in [1.807, 2.05) is 0 Å². The Balaban J connectivity index is 4.30. The lowest BCUT2D eigenvalue weighted by Gasteiger charge is -2.16. The van der Waals surface area contributed by atoms with Gasteiger partial charge in [0.15, 0.2) is 0 Å². The molecule has 1 aromatic carbocycles. The molecule has 0 fully saturated rings. The van der Waals surface area contributed by atoms with E-state index in [0.717, 1.165) is 0 Å². The van der Waals surface area contributed by atoms with E-state index in [9.17, 15) is 19.5 Å². The first-order valence-electron chi connectivity index (χ1n) is 24.6. The fourth-order valence-corrected chi connectivity index (χ4v) is 1.69. The van der Waals surface area contributed by atoms with Gasteiger partial charge in [-0.05, 0) is 42.7 Å². The lowest BCUT2D eigenvalue weighted by molar-refractivity contribution is 0.0418. The average molecular weight is 469 g/mol. The Morgan fingerprint density at radius 1 is 0.935 bits per heavy atom. The van der Waals surface area contributed by atoms with E-state index >= 15 is 0 Å². The van der Waals surface area contributed by atoms with E-state index in [0.29, 0.717) is 0 Å². The van der Waals surface area contributed by atoms with E-state index in [1.165, 1.54) is 0 Å². The number of carboxylic acid groups (broad SMARTS) is 1. The highest BCUT2D eigenvalue weighted by Gasteiger charge is 2.22. The molecule has 1 aromatic rings. The first-order chi connectivity index (χ1) is 27.8. The van der Waals surface area contributed by atoms with Crippen LogP contribution in [0, 0.1) is 11.8 Å². The van der Waals surface area contributed by atoms with E-state index in [1.54, 1.807) is 0 Å². The van der Waals surface area contributed by atoms with Crippen molar-refractivity contribution >= 4 is 17.9 Å². The summed E-state index contributed by atoms with van der Waals surface area (Å²) in [6, 6.07) is 0.332. The molecule has 0 saturated heterocycles. The van der Waals surface area contributed by atoms with Crippen molar-refractivity contribution in [1.82, 2.24) is 0 Å². The highest BCUT2D eigenvalue weighted by Crippen LogP contribution is 2.19. The second-order valence-corrected chi connectivity index (χ2v) is 4.80. The molecule has 0 aliphatic carbocycles. The molecule has 0 radical (unpaired) electrons. The van der Waals surface area contributed by atoms with Crippen LogP contribution < -0.4 is 0 Å². The molecule has 6 heteroatoms. The van der Waals surface area contributed by atoms with Crippen LogP contribution in [0.4, 0.5) is 0 Å². The molecule has 0 bridgehead atoms. The van der Waals surface area contributed by atoms with Crippen molar-refractivity contribution in [3.05, 3.63) is 34.9 Å². The number of carboxylic acids is 1. The van der Waals surface area contributed by atoms with Crippen LogP contribution >= 0.6 is 0 Å². The molecule has 2 atom stereocenters. The van der Waals surface area contributed by atoms with E-state index in [4.69, 9.17) is 46.6 Å². The number of aromatic carboxylic acids is 1. The summed E-state index contributed by atoms with van der Waals surface area (Å²) < 4.78 is 279. The molecule has 0 saturated carbocycles. The quantitative estimate of drug-likeness (QED) is 0.311. The molecule has 31 heavy (non-hydrogen) atoms. The molecule has 1 N–H and O–H groups in total. The molecule has 0 aliphatic rings. The van der Waals surface area contributed by atoms with Crippen LogP contribution in [0.5, 0.6) is 0 Å². The lowest BCUT2D eigenvalue weighted by Crippen LogP contribution is -2.18. The highest BCUT2D eigenvalue weighted by atomic mass is 16.5. The second kappa shape index (κ2) is 14.6. The normalized spacial score (nSPS) is 37.3. The molecular formula is C25H38O6. The maximum absolute atomic E-state index is 13.6. The Bertz CT molecular complexity index is 1990. The SMILES string of the molecule is [2H]C([2H])([2H])C([2H])([2H])C([2H])([2H])C([2H])([2H])C([2H])(C([2H])([2H])OC(=O)c1ccc(C(=O)O)c(C(=O)OC([2H])([2H])C([2H])(C([2H])([2H])C([2H])([2H])[2H])C([2H])([2H])C([2H])([2H])C([2H])([2H])C([2H])([2H])[2H])c1)C([2H])([2H])C([2H])([2H])[2H]. The number of carbonyl (C=O) groups excluding carboxylic acids is 2. The van der Waals surface area contributed by atoms with Gasteiger partial charge in [-0.15, -0.1) is 0 Å². The summed E-state index contributed by atoms with van der Waals surface area (Å²) in [5.41, 5.74) is -4.64. The highest BCUT2D eigenvalue weighted by molar-refractivity contribution is 6.04. The van der Waals surface area contributed by atoms with Gasteiger partial charge in [-0.3, -0.25) is 0 Å². The van der Waals surface area contributed by atoms with Crippen LogP contribution in [0.2, 0.25) is 0 Å². The third-order valence-corrected chi connectivity index (χ3v) is 2.95. The van der Waals surface area contributed by atoms with Crippen molar-refractivity contribution < 1.29 is 75.6 Å². The molecule has 174 valence electrons. The van der Waals surface area contributed by atoms with Crippen LogP contribution in [0.15, 0.2) is 18.2 Å². The topological polar surface area (TPSA) is 89.9 Å². The van der Waals surface area contributed by atoms with Gasteiger partial charge in [-0.25, -0.2) is 14.4 Å². The average Bonchev–Trinajstić information content (AvgIpc) is 3.07. The number of hydrogen-bond donors (Lipinski definition) is 1. The van der Waals surface area contributed by atoms with Crippen LogP contribution in [0.1, 0.15) is 156 Å². The Hall–Kier alpha value is -2.37. The van der Waals surface area contributed by atoms with Crippen molar-refractivity contribution in [2.24, 2.45) is 11.8 Å². The Kier molecular flexibility index (Phi) is 2.62. The molecule has 0 heterocycles. The standard InChI is InChI=1S/C25H38O6/c1-5-9-11-18(7-3)16-30-24(28)20-13-14-21(23(26)27)22(15-20)25(29)31-17-19(8-4)12-10-6-2/h13-15,18-19H,5-12,16-17H2,1-4H3,(H,26,27)/i1D3,2D3,3D3,4D3,5D2,6D2,7D2,8D2,9D2,10D2,11D2,12D2,16D2,17D2,18D,19D. The number of esters is 2. The van der Waals surface area contributed by atoms with Crippen molar-refractivity contribution in [3.8, 4) is 0 Å². The summed E-state index contributed by atoms with van der Waals surface area (Å²) in [6.07, 6.45) is -38.6. The minimum absolute atomic E-state index is 0.101. The van der Waals surface area contributed by atoms with Crippen molar-refractivity contribution in [1.29, 1.82) is 0 Å². The van der Waals surface area contributed by atoms with Gasteiger partial charge in [0.05, 0.1) is 35.3 Å². The van der Waals surface area contributed by atoms with Crippen molar-refractivity contribution in [3.63, 3.8) is 0 Å².